The van der Waals surface area contributed by atoms with Gasteiger partial charge in [0, 0.05) is 29.7 Å². The van der Waals surface area contributed by atoms with E-state index in [-0.39, 0.29) is 21.1 Å². The van der Waals surface area contributed by atoms with Crippen molar-refractivity contribution in [2.24, 2.45) is 0 Å². The second-order valence-electron chi connectivity index (χ2n) is 9.98. The molecule has 6 aromatic rings. The minimum Gasteiger partial charge on any atom is -0.497 e. The summed E-state index contributed by atoms with van der Waals surface area (Å²) in [6.07, 6.45) is 8.74. The molecular formula is C34H27N3O2Pt. The number of ether oxygens (including phenoxy) is 2. The van der Waals surface area contributed by atoms with E-state index in [1.807, 2.05) is 24.4 Å². The second-order valence-corrected chi connectivity index (χ2v) is 9.98. The van der Waals surface area contributed by atoms with Crippen LogP contribution in [0.1, 0.15) is 37.2 Å². The van der Waals surface area contributed by atoms with Crippen LogP contribution >= 0.6 is 0 Å². The summed E-state index contributed by atoms with van der Waals surface area (Å²) >= 11 is 0. The Morgan fingerprint density at radius 2 is 1.62 bits per heavy atom. The molecular weight excluding hydrogens is 677 g/mol. The predicted molar refractivity (Wildman–Crippen MR) is 154 cm³/mol. The van der Waals surface area contributed by atoms with Crippen LogP contribution in [-0.4, -0.2) is 21.6 Å². The summed E-state index contributed by atoms with van der Waals surface area (Å²) in [4.78, 5) is 9.12. The first-order valence-corrected chi connectivity index (χ1v) is 13.4. The number of pyridine rings is 2. The van der Waals surface area contributed by atoms with E-state index in [1.165, 1.54) is 36.6 Å². The molecule has 0 saturated heterocycles. The monoisotopic (exact) mass is 704 g/mol. The van der Waals surface area contributed by atoms with Gasteiger partial charge in [0.1, 0.15) is 11.6 Å². The van der Waals surface area contributed by atoms with Crippen LogP contribution in [0.25, 0.3) is 38.8 Å². The predicted octanol–water partition coefficient (Wildman–Crippen LogP) is 8.30. The van der Waals surface area contributed by atoms with E-state index in [9.17, 15) is 0 Å². The van der Waals surface area contributed by atoms with Crippen molar-refractivity contribution in [3.63, 3.8) is 0 Å². The van der Waals surface area contributed by atoms with Crippen LogP contribution < -0.4 is 9.47 Å². The van der Waals surface area contributed by atoms with Gasteiger partial charge in [-0.3, -0.25) is 0 Å². The molecule has 5 nitrogen and oxygen atoms in total. The van der Waals surface area contributed by atoms with Gasteiger partial charge in [-0.1, -0.05) is 36.4 Å². The molecule has 3 aromatic heterocycles. The first-order valence-electron chi connectivity index (χ1n) is 13.4. The summed E-state index contributed by atoms with van der Waals surface area (Å²) in [5.41, 5.74) is 5.33. The first kappa shape index (κ1) is 26.3. The summed E-state index contributed by atoms with van der Waals surface area (Å²) in [5.74, 6) is 3.28. The van der Waals surface area contributed by atoms with Crippen molar-refractivity contribution in [2.45, 2.75) is 31.6 Å². The molecule has 0 aliphatic heterocycles. The zero-order valence-corrected chi connectivity index (χ0v) is 24.3. The Bertz CT molecular complexity index is 1810. The third-order valence-corrected chi connectivity index (χ3v) is 7.62. The molecule has 0 bridgehead atoms. The number of methoxy groups -OCH3 is 1. The Hall–Kier alpha value is -3.95. The van der Waals surface area contributed by atoms with Gasteiger partial charge in [-0.25, -0.2) is 21.1 Å². The SMILES string of the molecule is COc1ccnc(Oc2[c-]c(-c3[c-]c4c(cc3)c3ccccc3n4-c3cc(C4CCCC4)ccn3)ccc2)c1.[Pt+2]. The van der Waals surface area contributed by atoms with Crippen molar-refractivity contribution in [3.05, 3.63) is 109 Å². The molecule has 0 atom stereocenters. The number of hydrogen-bond acceptors (Lipinski definition) is 4. The zero-order valence-electron chi connectivity index (χ0n) is 22.0. The summed E-state index contributed by atoms with van der Waals surface area (Å²) in [7, 11) is 1.62. The molecule has 3 aromatic carbocycles. The molecule has 3 heterocycles. The molecule has 0 unspecified atom stereocenters. The molecule has 0 spiro atoms. The zero-order chi connectivity index (χ0) is 26.2. The Kier molecular flexibility index (Phi) is 7.40. The number of rotatable bonds is 6. The minimum atomic E-state index is 0. The third-order valence-electron chi connectivity index (χ3n) is 7.62. The van der Waals surface area contributed by atoms with Gasteiger partial charge in [0.15, 0.2) is 0 Å². The average Bonchev–Trinajstić information content (AvgIpc) is 3.64. The van der Waals surface area contributed by atoms with Crippen LogP contribution in [0.2, 0.25) is 0 Å². The van der Waals surface area contributed by atoms with Crippen LogP contribution in [0.5, 0.6) is 17.4 Å². The summed E-state index contributed by atoms with van der Waals surface area (Å²) < 4.78 is 13.5. The van der Waals surface area contributed by atoms with Crippen LogP contribution in [0.4, 0.5) is 0 Å². The van der Waals surface area contributed by atoms with Crippen LogP contribution in [0.15, 0.2) is 91.3 Å². The van der Waals surface area contributed by atoms with Gasteiger partial charge in [0.05, 0.1) is 7.11 Å². The fraction of sp³-hybridized carbons (Fsp3) is 0.176. The topological polar surface area (TPSA) is 49.2 Å². The van der Waals surface area contributed by atoms with Crippen molar-refractivity contribution in [1.82, 2.24) is 14.5 Å². The number of nitrogens with zero attached hydrogens (tertiary/aromatic N) is 3. The summed E-state index contributed by atoms with van der Waals surface area (Å²) in [6, 6.07) is 33.7. The fourth-order valence-corrected chi connectivity index (χ4v) is 5.71. The van der Waals surface area contributed by atoms with Crippen molar-refractivity contribution in [3.8, 4) is 34.3 Å². The third kappa shape index (κ3) is 4.91. The maximum absolute atomic E-state index is 6.00. The second kappa shape index (κ2) is 11.3. The normalized spacial score (nSPS) is 13.4. The number of aromatic nitrogens is 3. The number of hydrogen-bond donors (Lipinski definition) is 0. The van der Waals surface area contributed by atoms with Crippen molar-refractivity contribution < 1.29 is 30.5 Å². The molecule has 1 saturated carbocycles. The molecule has 0 amide bonds. The maximum Gasteiger partial charge on any atom is 2.00 e. The van der Waals surface area contributed by atoms with E-state index in [0.29, 0.717) is 23.3 Å². The van der Waals surface area contributed by atoms with Gasteiger partial charge in [-0.2, -0.15) is 24.3 Å². The maximum atomic E-state index is 6.00. The smallest absolute Gasteiger partial charge is 0.497 e. The first-order chi connectivity index (χ1) is 19.3. The van der Waals surface area contributed by atoms with E-state index in [1.54, 1.807) is 25.4 Å². The molecule has 1 aliphatic carbocycles. The van der Waals surface area contributed by atoms with E-state index in [2.05, 4.69) is 70.2 Å². The van der Waals surface area contributed by atoms with Crippen molar-refractivity contribution in [1.29, 1.82) is 0 Å². The molecule has 0 N–H and O–H groups in total. The van der Waals surface area contributed by atoms with Gasteiger partial charge < -0.3 is 14.0 Å². The Balaban J connectivity index is 0.00000289. The molecule has 0 radical (unpaired) electrons. The van der Waals surface area contributed by atoms with Crippen LogP contribution in [0.3, 0.4) is 0 Å². The molecule has 7 rings (SSSR count). The summed E-state index contributed by atoms with van der Waals surface area (Å²) in [6.45, 7) is 0. The Morgan fingerprint density at radius 3 is 2.50 bits per heavy atom. The number of fused-ring (bicyclic) bond motifs is 3. The molecule has 1 aliphatic rings. The van der Waals surface area contributed by atoms with Crippen LogP contribution in [-0.2, 0) is 21.1 Å². The fourth-order valence-electron chi connectivity index (χ4n) is 5.71. The standard InChI is InChI=1S/C34H27N3O2.Pt/c1-38-27-16-18-36-34(22-27)39-28-10-6-9-24(19-28)25-13-14-30-29-11-4-5-12-31(29)37(32(30)20-25)33-21-26(15-17-35-33)23-7-2-3-8-23;/h4-6,9-18,21-23H,2-3,7-8H2,1H3;/q-2;+2. The average molecular weight is 705 g/mol. The van der Waals surface area contributed by atoms with Gasteiger partial charge in [-0.05, 0) is 59.5 Å². The molecule has 200 valence electrons. The number of para-hydroxylation sites is 1. The van der Waals surface area contributed by atoms with E-state index >= 15 is 0 Å². The molecule has 1 fully saturated rings. The summed E-state index contributed by atoms with van der Waals surface area (Å²) in [5, 5.41) is 2.34. The van der Waals surface area contributed by atoms with E-state index in [4.69, 9.17) is 14.5 Å². The Morgan fingerprint density at radius 1 is 0.800 bits per heavy atom. The van der Waals surface area contributed by atoms with Crippen LogP contribution in [0, 0.1) is 12.1 Å². The van der Waals surface area contributed by atoms with Gasteiger partial charge >= 0.3 is 21.1 Å². The van der Waals surface area contributed by atoms with Crippen molar-refractivity contribution >= 4 is 21.8 Å². The van der Waals surface area contributed by atoms with E-state index < -0.39 is 0 Å². The number of benzene rings is 3. The molecule has 6 heteroatoms. The minimum absolute atomic E-state index is 0. The molecule has 40 heavy (non-hydrogen) atoms. The quantitative estimate of drug-likeness (QED) is 0.164. The van der Waals surface area contributed by atoms with Crippen molar-refractivity contribution in [2.75, 3.05) is 7.11 Å². The van der Waals surface area contributed by atoms with Gasteiger partial charge in [0.2, 0.25) is 5.88 Å². The van der Waals surface area contributed by atoms with Gasteiger partial charge in [-0.15, -0.1) is 18.2 Å². The van der Waals surface area contributed by atoms with Gasteiger partial charge in [0.25, 0.3) is 0 Å². The largest absolute Gasteiger partial charge is 2.00 e. The Labute approximate surface area is 248 Å². The van der Waals surface area contributed by atoms with E-state index in [0.717, 1.165) is 33.4 Å².